The first-order valence-corrected chi connectivity index (χ1v) is 10.4. The Hall–Kier alpha value is -1.56. The molecule has 2 atom stereocenters. The second kappa shape index (κ2) is 9.29. The van der Waals surface area contributed by atoms with Gasteiger partial charge in [0, 0.05) is 26.1 Å². The standard InChI is InChI=1S/C22H30F3NO2/c23-22(24,25)20-9-7-16(8-10-20)13-26-14-17(12-21(27)28)11-19(15-26)18-5-3-1-2-4-6-18/h7-10,17-19H,1-6,11-15H2,(H,27,28)/t17-,19-/m0/s1. The van der Waals surface area contributed by atoms with Gasteiger partial charge in [0.05, 0.1) is 5.56 Å². The second-order valence-electron chi connectivity index (χ2n) is 8.60. The maximum absolute atomic E-state index is 12.8. The average Bonchev–Trinajstić information content (AvgIpc) is 2.90. The quantitative estimate of drug-likeness (QED) is 0.659. The highest BCUT2D eigenvalue weighted by Crippen LogP contribution is 2.37. The molecule has 0 spiro atoms. The Kier molecular flexibility index (Phi) is 7.02. The molecule has 3 rings (SSSR count). The van der Waals surface area contributed by atoms with E-state index in [1.54, 1.807) is 12.1 Å². The largest absolute Gasteiger partial charge is 0.481 e. The third-order valence-corrected chi connectivity index (χ3v) is 6.36. The van der Waals surface area contributed by atoms with Crippen LogP contribution in [0.3, 0.4) is 0 Å². The van der Waals surface area contributed by atoms with Crippen LogP contribution in [0.2, 0.25) is 0 Å². The van der Waals surface area contributed by atoms with Gasteiger partial charge in [-0.05, 0) is 41.9 Å². The fourth-order valence-corrected chi connectivity index (χ4v) is 5.05. The Labute approximate surface area is 164 Å². The predicted molar refractivity (Wildman–Crippen MR) is 102 cm³/mol. The van der Waals surface area contributed by atoms with E-state index < -0.39 is 17.7 Å². The molecule has 1 saturated heterocycles. The van der Waals surface area contributed by atoms with Gasteiger partial charge < -0.3 is 5.11 Å². The molecule has 1 heterocycles. The van der Waals surface area contributed by atoms with Gasteiger partial charge in [-0.1, -0.05) is 50.7 Å². The summed E-state index contributed by atoms with van der Waals surface area (Å²) in [4.78, 5) is 13.5. The molecule has 0 radical (unpaired) electrons. The molecule has 28 heavy (non-hydrogen) atoms. The first-order chi connectivity index (χ1) is 13.3. The van der Waals surface area contributed by atoms with Crippen molar-refractivity contribution >= 4 is 5.97 Å². The lowest BCUT2D eigenvalue weighted by molar-refractivity contribution is -0.139. The van der Waals surface area contributed by atoms with Crippen LogP contribution >= 0.6 is 0 Å². The Morgan fingerprint density at radius 3 is 2.21 bits per heavy atom. The van der Waals surface area contributed by atoms with Gasteiger partial charge in [-0.2, -0.15) is 13.2 Å². The summed E-state index contributed by atoms with van der Waals surface area (Å²) in [5.41, 5.74) is 0.221. The summed E-state index contributed by atoms with van der Waals surface area (Å²) in [6, 6.07) is 5.36. The van der Waals surface area contributed by atoms with Crippen molar-refractivity contribution < 1.29 is 23.1 Å². The molecule has 1 aliphatic carbocycles. The SMILES string of the molecule is O=C(O)C[C@@H]1C[C@H](C2CCCCCC2)CN(Cc2ccc(C(F)(F)F)cc2)C1. The first-order valence-electron chi connectivity index (χ1n) is 10.4. The Balaban J connectivity index is 1.68. The number of rotatable bonds is 5. The summed E-state index contributed by atoms with van der Waals surface area (Å²) in [5, 5.41) is 9.27. The van der Waals surface area contributed by atoms with Crippen molar-refractivity contribution in [3.05, 3.63) is 35.4 Å². The van der Waals surface area contributed by atoms with Gasteiger partial charge in [-0.25, -0.2) is 0 Å². The molecular formula is C22H30F3NO2. The number of alkyl halides is 3. The number of hydrogen-bond acceptors (Lipinski definition) is 2. The third-order valence-electron chi connectivity index (χ3n) is 6.36. The molecule has 3 nitrogen and oxygen atoms in total. The Morgan fingerprint density at radius 2 is 1.64 bits per heavy atom. The molecule has 156 valence electrons. The lowest BCUT2D eigenvalue weighted by atomic mass is 9.76. The highest BCUT2D eigenvalue weighted by Gasteiger charge is 2.34. The summed E-state index contributed by atoms with van der Waals surface area (Å²) in [6.07, 6.45) is 4.34. The van der Waals surface area contributed by atoms with Gasteiger partial charge >= 0.3 is 12.1 Å². The van der Waals surface area contributed by atoms with E-state index >= 15 is 0 Å². The maximum Gasteiger partial charge on any atom is 0.416 e. The van der Waals surface area contributed by atoms with E-state index in [1.807, 2.05) is 0 Å². The highest BCUT2D eigenvalue weighted by molar-refractivity contribution is 5.67. The fourth-order valence-electron chi connectivity index (χ4n) is 5.05. The van der Waals surface area contributed by atoms with E-state index in [0.29, 0.717) is 24.9 Å². The predicted octanol–water partition coefficient (Wildman–Crippen LogP) is 5.59. The zero-order valence-electron chi connectivity index (χ0n) is 16.3. The molecule has 1 aromatic rings. The number of carboxylic acids is 1. The van der Waals surface area contributed by atoms with Crippen LogP contribution in [0.15, 0.2) is 24.3 Å². The summed E-state index contributed by atoms with van der Waals surface area (Å²) in [6.45, 7) is 2.20. The van der Waals surface area contributed by atoms with Crippen LogP contribution in [0, 0.1) is 17.8 Å². The molecule has 0 unspecified atom stereocenters. The summed E-state index contributed by atoms with van der Waals surface area (Å²) in [7, 11) is 0. The van der Waals surface area contributed by atoms with Crippen molar-refractivity contribution in [2.75, 3.05) is 13.1 Å². The molecular weight excluding hydrogens is 367 g/mol. The topological polar surface area (TPSA) is 40.5 Å². The van der Waals surface area contributed by atoms with Crippen molar-refractivity contribution in [2.45, 2.75) is 64.1 Å². The van der Waals surface area contributed by atoms with Crippen molar-refractivity contribution in [2.24, 2.45) is 17.8 Å². The van der Waals surface area contributed by atoms with E-state index in [9.17, 15) is 23.1 Å². The smallest absolute Gasteiger partial charge is 0.416 e. The molecule has 6 heteroatoms. The third kappa shape index (κ3) is 5.97. The van der Waals surface area contributed by atoms with Crippen molar-refractivity contribution in [1.29, 1.82) is 0 Å². The summed E-state index contributed by atoms with van der Waals surface area (Å²) in [5.74, 6) is 0.495. The summed E-state index contributed by atoms with van der Waals surface area (Å²) < 4.78 is 38.3. The molecule has 1 saturated carbocycles. The number of halogens is 3. The zero-order valence-corrected chi connectivity index (χ0v) is 16.3. The maximum atomic E-state index is 12.8. The number of aliphatic carboxylic acids is 1. The molecule has 1 N–H and O–H groups in total. The number of hydrogen-bond donors (Lipinski definition) is 1. The van der Waals surface area contributed by atoms with Crippen LogP contribution < -0.4 is 0 Å². The molecule has 1 aromatic carbocycles. The minimum atomic E-state index is -4.32. The number of nitrogens with zero attached hydrogens (tertiary/aromatic N) is 1. The van der Waals surface area contributed by atoms with Gasteiger partial charge in [0.15, 0.2) is 0 Å². The van der Waals surface area contributed by atoms with E-state index in [4.69, 9.17) is 0 Å². The van der Waals surface area contributed by atoms with Gasteiger partial charge in [0.1, 0.15) is 0 Å². The minimum absolute atomic E-state index is 0.119. The number of benzene rings is 1. The van der Waals surface area contributed by atoms with Crippen LogP contribution in [-0.2, 0) is 17.5 Å². The van der Waals surface area contributed by atoms with Gasteiger partial charge in [-0.3, -0.25) is 9.69 Å². The van der Waals surface area contributed by atoms with Crippen LogP contribution in [0.1, 0.15) is 62.5 Å². The first kappa shape index (κ1) is 21.2. The number of carbonyl (C=O) groups is 1. The fraction of sp³-hybridized carbons (Fsp3) is 0.682. The second-order valence-corrected chi connectivity index (χ2v) is 8.60. The van der Waals surface area contributed by atoms with Gasteiger partial charge in [-0.15, -0.1) is 0 Å². The van der Waals surface area contributed by atoms with Crippen molar-refractivity contribution in [1.82, 2.24) is 4.90 Å². The number of carboxylic acid groups (broad SMARTS) is 1. The Morgan fingerprint density at radius 1 is 1.00 bits per heavy atom. The molecule has 2 aliphatic rings. The van der Waals surface area contributed by atoms with Gasteiger partial charge in [0.25, 0.3) is 0 Å². The van der Waals surface area contributed by atoms with Crippen LogP contribution in [-0.4, -0.2) is 29.1 Å². The van der Waals surface area contributed by atoms with Crippen LogP contribution in [0.4, 0.5) is 13.2 Å². The highest BCUT2D eigenvalue weighted by atomic mass is 19.4. The Bertz CT molecular complexity index is 636. The minimum Gasteiger partial charge on any atom is -0.481 e. The normalized spacial score (nSPS) is 25.4. The lowest BCUT2D eigenvalue weighted by Crippen LogP contribution is -2.43. The number of piperidine rings is 1. The summed E-state index contributed by atoms with van der Waals surface area (Å²) >= 11 is 0. The molecule has 0 amide bonds. The van der Waals surface area contributed by atoms with E-state index in [2.05, 4.69) is 4.90 Å². The number of likely N-dealkylation sites (tertiary alicyclic amines) is 1. The van der Waals surface area contributed by atoms with Crippen LogP contribution in [0.5, 0.6) is 0 Å². The van der Waals surface area contributed by atoms with E-state index in [1.165, 1.54) is 38.5 Å². The van der Waals surface area contributed by atoms with Crippen molar-refractivity contribution in [3.63, 3.8) is 0 Å². The molecule has 2 fully saturated rings. The van der Waals surface area contributed by atoms with Crippen LogP contribution in [0.25, 0.3) is 0 Å². The van der Waals surface area contributed by atoms with E-state index in [-0.39, 0.29) is 12.3 Å². The molecule has 0 bridgehead atoms. The van der Waals surface area contributed by atoms with Crippen molar-refractivity contribution in [3.8, 4) is 0 Å². The lowest BCUT2D eigenvalue weighted by Gasteiger charge is -2.41. The van der Waals surface area contributed by atoms with E-state index in [0.717, 1.165) is 30.7 Å². The van der Waals surface area contributed by atoms with Gasteiger partial charge in [0.2, 0.25) is 0 Å². The molecule has 0 aromatic heterocycles. The average molecular weight is 397 g/mol. The molecule has 1 aliphatic heterocycles. The monoisotopic (exact) mass is 397 g/mol. The zero-order chi connectivity index (χ0) is 20.1.